The predicted molar refractivity (Wildman–Crippen MR) is 117 cm³/mol. The Morgan fingerprint density at radius 1 is 1.19 bits per heavy atom. The van der Waals surface area contributed by atoms with Gasteiger partial charge in [0.1, 0.15) is 5.82 Å². The first-order chi connectivity index (χ1) is 14.6. The van der Waals surface area contributed by atoms with E-state index in [1.165, 1.54) is 12.1 Å². The summed E-state index contributed by atoms with van der Waals surface area (Å²) >= 11 is 0. The van der Waals surface area contributed by atoms with Crippen LogP contribution >= 0.6 is 0 Å². The first-order valence-electron chi connectivity index (χ1n) is 10.2. The van der Waals surface area contributed by atoms with E-state index in [0.717, 1.165) is 11.3 Å². The molecular weight excluding hydrogens is 395 g/mol. The van der Waals surface area contributed by atoms with E-state index in [1.54, 1.807) is 35.0 Å². The van der Waals surface area contributed by atoms with E-state index in [2.05, 4.69) is 24.3 Å². The maximum atomic E-state index is 13.0. The second kappa shape index (κ2) is 7.65. The number of nitrogens with one attached hydrogen (secondary N) is 1. The number of benzene rings is 2. The third kappa shape index (κ3) is 4.08. The quantitative estimate of drug-likeness (QED) is 0.625. The molecule has 0 radical (unpaired) electrons. The number of hydrogen-bond acceptors (Lipinski definition) is 4. The van der Waals surface area contributed by atoms with Crippen molar-refractivity contribution < 1.29 is 14.0 Å². The van der Waals surface area contributed by atoms with Crippen molar-refractivity contribution in [1.29, 1.82) is 0 Å². The monoisotopic (exact) mass is 420 g/mol. The van der Waals surface area contributed by atoms with Crippen LogP contribution in [-0.4, -0.2) is 21.5 Å². The molecule has 1 aliphatic carbocycles. The van der Waals surface area contributed by atoms with Gasteiger partial charge in [-0.3, -0.25) is 9.59 Å². The Morgan fingerprint density at radius 3 is 2.58 bits per heavy atom. The Bertz CT molecular complexity index is 1180. The predicted octanol–water partition coefficient (Wildman–Crippen LogP) is 3.99. The van der Waals surface area contributed by atoms with Crippen LogP contribution in [0.1, 0.15) is 57.9 Å². The van der Waals surface area contributed by atoms with E-state index in [4.69, 9.17) is 5.73 Å². The zero-order chi connectivity index (χ0) is 22.3. The van der Waals surface area contributed by atoms with Gasteiger partial charge in [-0.2, -0.15) is 5.10 Å². The van der Waals surface area contributed by atoms with Gasteiger partial charge >= 0.3 is 0 Å². The number of nitrogen functional groups attached to an aromatic ring is 1. The fraction of sp³-hybridized carbons (Fsp3) is 0.292. The number of ketones is 1. The van der Waals surface area contributed by atoms with Gasteiger partial charge in [-0.05, 0) is 54.7 Å². The minimum absolute atomic E-state index is 0.102. The molecule has 1 aliphatic rings. The fourth-order valence-corrected chi connectivity index (χ4v) is 4.11. The van der Waals surface area contributed by atoms with E-state index in [9.17, 15) is 14.0 Å². The van der Waals surface area contributed by atoms with E-state index < -0.39 is 0 Å². The van der Waals surface area contributed by atoms with Crippen molar-refractivity contribution in [2.45, 2.75) is 40.2 Å². The van der Waals surface area contributed by atoms with Crippen molar-refractivity contribution >= 4 is 17.4 Å². The molecule has 31 heavy (non-hydrogen) atoms. The maximum absolute atomic E-state index is 13.0. The molecule has 0 bridgehead atoms. The molecule has 160 valence electrons. The number of hydrogen-bond donors (Lipinski definition) is 2. The molecule has 6 nitrogen and oxygen atoms in total. The molecule has 0 aliphatic heterocycles. The Morgan fingerprint density at radius 2 is 1.90 bits per heavy atom. The number of aryl methyl sites for hydroxylation is 1. The minimum atomic E-state index is -0.320. The summed E-state index contributed by atoms with van der Waals surface area (Å²) in [5, 5.41) is 7.39. The summed E-state index contributed by atoms with van der Waals surface area (Å²) < 4.78 is 14.8. The zero-order valence-corrected chi connectivity index (χ0v) is 17.8. The molecular formula is C24H25FN4O2. The molecule has 7 heteroatoms. The first kappa shape index (κ1) is 20.8. The van der Waals surface area contributed by atoms with Crippen molar-refractivity contribution in [1.82, 2.24) is 15.1 Å². The van der Waals surface area contributed by atoms with Crippen molar-refractivity contribution in [3.8, 4) is 5.69 Å². The lowest BCUT2D eigenvalue weighted by Crippen LogP contribution is -2.28. The summed E-state index contributed by atoms with van der Waals surface area (Å²) in [5.74, 6) is -0.498. The van der Waals surface area contributed by atoms with Crippen LogP contribution in [0.5, 0.6) is 0 Å². The lowest BCUT2D eigenvalue weighted by Gasteiger charge is -2.29. The molecule has 0 spiro atoms. The van der Waals surface area contributed by atoms with Crippen LogP contribution in [0.2, 0.25) is 0 Å². The van der Waals surface area contributed by atoms with Crippen LogP contribution in [-0.2, 0) is 13.0 Å². The molecule has 0 saturated heterocycles. The highest BCUT2D eigenvalue weighted by molar-refractivity contribution is 6.00. The Kier molecular flexibility index (Phi) is 5.13. The number of fused-ring (bicyclic) bond motifs is 1. The number of amides is 1. The summed E-state index contributed by atoms with van der Waals surface area (Å²) in [4.78, 5) is 25.2. The molecule has 3 aromatic rings. The standard InChI is InChI=1S/C24H25FN4O2/c1-14-22-20(11-24(2,3)12-21(22)30)29(28-14)19-9-6-16(10-18(19)26)23(31)27-13-15-4-7-17(25)8-5-15/h4-10H,11-13,26H2,1-3H3,(H,27,31). The smallest absolute Gasteiger partial charge is 0.251 e. The van der Waals surface area contributed by atoms with E-state index in [1.807, 2.05) is 6.92 Å². The van der Waals surface area contributed by atoms with Crippen LogP contribution in [0.4, 0.5) is 10.1 Å². The average Bonchev–Trinajstić information content (AvgIpc) is 3.02. The van der Waals surface area contributed by atoms with Gasteiger partial charge in [0.05, 0.1) is 28.3 Å². The third-order valence-corrected chi connectivity index (χ3v) is 5.60. The molecule has 0 atom stereocenters. The maximum Gasteiger partial charge on any atom is 0.251 e. The molecule has 1 amide bonds. The lowest BCUT2D eigenvalue weighted by molar-refractivity contribution is 0.0908. The molecule has 3 N–H and O–H groups in total. The number of halogens is 1. The van der Waals surface area contributed by atoms with Crippen LogP contribution in [0.3, 0.4) is 0 Å². The minimum Gasteiger partial charge on any atom is -0.397 e. The summed E-state index contributed by atoms with van der Waals surface area (Å²) in [6.45, 7) is 6.25. The summed E-state index contributed by atoms with van der Waals surface area (Å²) in [6, 6.07) is 11.0. The van der Waals surface area contributed by atoms with Gasteiger partial charge < -0.3 is 11.1 Å². The zero-order valence-electron chi connectivity index (χ0n) is 17.8. The fourth-order valence-electron chi connectivity index (χ4n) is 4.11. The topological polar surface area (TPSA) is 90.0 Å². The number of Topliss-reactive ketones (excluding diaryl/α,β-unsaturated/α-hetero) is 1. The number of anilines is 1. The van der Waals surface area contributed by atoms with Crippen LogP contribution in [0.25, 0.3) is 5.69 Å². The lowest BCUT2D eigenvalue weighted by atomic mass is 9.75. The normalized spacial score (nSPS) is 14.9. The SMILES string of the molecule is Cc1nn(-c2ccc(C(=O)NCc3ccc(F)cc3)cc2N)c2c1C(=O)CC(C)(C)C2. The van der Waals surface area contributed by atoms with Gasteiger partial charge in [-0.25, -0.2) is 9.07 Å². The summed E-state index contributed by atoms with van der Waals surface area (Å²) in [7, 11) is 0. The molecule has 0 fully saturated rings. The van der Waals surface area contributed by atoms with Gasteiger partial charge in [-0.15, -0.1) is 0 Å². The van der Waals surface area contributed by atoms with E-state index in [0.29, 0.717) is 41.0 Å². The first-order valence-corrected chi connectivity index (χ1v) is 10.2. The van der Waals surface area contributed by atoms with Crippen molar-refractivity contribution in [2.24, 2.45) is 5.41 Å². The van der Waals surface area contributed by atoms with E-state index >= 15 is 0 Å². The molecule has 0 saturated carbocycles. The molecule has 0 unspecified atom stereocenters. The Labute approximate surface area is 180 Å². The summed E-state index contributed by atoms with van der Waals surface area (Å²) in [6.07, 6.45) is 1.21. The van der Waals surface area contributed by atoms with Gasteiger partial charge in [-0.1, -0.05) is 26.0 Å². The highest BCUT2D eigenvalue weighted by Gasteiger charge is 2.36. The highest BCUT2D eigenvalue weighted by Crippen LogP contribution is 2.37. The van der Waals surface area contributed by atoms with Gasteiger partial charge in [0.25, 0.3) is 5.91 Å². The highest BCUT2D eigenvalue weighted by atomic mass is 19.1. The Balaban J connectivity index is 1.59. The van der Waals surface area contributed by atoms with E-state index in [-0.39, 0.29) is 29.5 Å². The van der Waals surface area contributed by atoms with Crippen LogP contribution in [0, 0.1) is 18.2 Å². The number of rotatable bonds is 4. The average molecular weight is 420 g/mol. The number of carbonyl (C=O) groups is 2. The van der Waals surface area contributed by atoms with Crippen molar-refractivity contribution in [3.63, 3.8) is 0 Å². The largest absolute Gasteiger partial charge is 0.397 e. The molecule has 1 heterocycles. The number of carbonyl (C=O) groups excluding carboxylic acids is 2. The second-order valence-corrected chi connectivity index (χ2v) is 8.84. The van der Waals surface area contributed by atoms with Gasteiger partial charge in [0.15, 0.2) is 5.78 Å². The molecule has 1 aromatic heterocycles. The summed E-state index contributed by atoms with van der Waals surface area (Å²) in [5.41, 5.74) is 10.6. The number of nitrogens with zero attached hydrogens (tertiary/aromatic N) is 2. The number of nitrogens with two attached hydrogens (primary N) is 1. The van der Waals surface area contributed by atoms with Crippen molar-refractivity contribution in [2.75, 3.05) is 5.73 Å². The third-order valence-electron chi connectivity index (χ3n) is 5.60. The van der Waals surface area contributed by atoms with Gasteiger partial charge in [0, 0.05) is 18.5 Å². The molecule has 2 aromatic carbocycles. The van der Waals surface area contributed by atoms with Gasteiger partial charge in [0.2, 0.25) is 0 Å². The molecule has 4 rings (SSSR count). The Hall–Kier alpha value is -3.48. The van der Waals surface area contributed by atoms with Crippen molar-refractivity contribution in [3.05, 3.63) is 76.4 Å². The van der Waals surface area contributed by atoms with Crippen LogP contribution in [0.15, 0.2) is 42.5 Å². The number of aromatic nitrogens is 2. The second-order valence-electron chi connectivity index (χ2n) is 8.84. The van der Waals surface area contributed by atoms with Crippen LogP contribution < -0.4 is 11.1 Å².